The summed E-state index contributed by atoms with van der Waals surface area (Å²) in [5.74, 6) is -0.296. The summed E-state index contributed by atoms with van der Waals surface area (Å²) in [6, 6.07) is 5.22. The van der Waals surface area contributed by atoms with Crippen LogP contribution in [0.1, 0.15) is 51.1 Å². The molecule has 3 amide bonds. The van der Waals surface area contributed by atoms with Crippen LogP contribution in [0.5, 0.6) is 0 Å². The Hall–Kier alpha value is -3.53. The second-order valence-electron chi connectivity index (χ2n) is 10.6. The van der Waals surface area contributed by atoms with E-state index in [1.807, 2.05) is 31.4 Å². The molecule has 0 unspecified atom stereocenters. The van der Waals surface area contributed by atoms with Crippen LogP contribution in [0.3, 0.4) is 0 Å². The molecule has 2 atom stereocenters. The normalized spacial score (nSPS) is 20.1. The predicted octanol–water partition coefficient (Wildman–Crippen LogP) is 4.67. The monoisotopic (exact) mass is 522 g/mol. The zero-order valence-electron chi connectivity index (χ0n) is 22.2. The number of urea groups is 1. The number of nitrogens with one attached hydrogen (secondary N) is 2. The quantitative estimate of drug-likeness (QED) is 0.507. The molecule has 3 aromatic rings. The molecular formula is C28H35FN6O3. The molecule has 1 saturated carbocycles. The molecule has 9 nitrogen and oxygen atoms in total. The van der Waals surface area contributed by atoms with E-state index in [1.54, 1.807) is 23.5 Å². The van der Waals surface area contributed by atoms with Crippen LogP contribution in [0.15, 0.2) is 30.7 Å². The molecule has 2 fully saturated rings. The summed E-state index contributed by atoms with van der Waals surface area (Å²) in [7, 11) is 0. The Morgan fingerprint density at radius 1 is 1.13 bits per heavy atom. The maximum Gasteiger partial charge on any atom is 0.317 e. The Labute approximate surface area is 221 Å². The van der Waals surface area contributed by atoms with Crippen LogP contribution in [0.4, 0.5) is 15.0 Å². The first kappa shape index (κ1) is 26.1. The first-order valence-corrected chi connectivity index (χ1v) is 13.4. The van der Waals surface area contributed by atoms with Crippen molar-refractivity contribution < 1.29 is 18.7 Å². The van der Waals surface area contributed by atoms with Crippen molar-refractivity contribution in [1.82, 2.24) is 24.8 Å². The van der Waals surface area contributed by atoms with Crippen LogP contribution in [0.25, 0.3) is 22.2 Å². The van der Waals surface area contributed by atoms with Crippen molar-refractivity contribution in [3.8, 4) is 11.1 Å². The lowest BCUT2D eigenvalue weighted by molar-refractivity contribution is -0.121. The lowest BCUT2D eigenvalue weighted by Crippen LogP contribution is -2.50. The zero-order valence-corrected chi connectivity index (χ0v) is 22.2. The number of anilines is 1. The Morgan fingerprint density at radius 2 is 1.92 bits per heavy atom. The van der Waals surface area contributed by atoms with Gasteiger partial charge in [0.2, 0.25) is 5.91 Å². The molecule has 38 heavy (non-hydrogen) atoms. The van der Waals surface area contributed by atoms with Gasteiger partial charge in [0.25, 0.3) is 0 Å². The van der Waals surface area contributed by atoms with Gasteiger partial charge in [0.15, 0.2) is 5.82 Å². The Morgan fingerprint density at radius 3 is 2.68 bits per heavy atom. The van der Waals surface area contributed by atoms with Gasteiger partial charge in [-0.25, -0.2) is 19.2 Å². The Kier molecular flexibility index (Phi) is 7.60. The highest BCUT2D eigenvalue weighted by molar-refractivity contribution is 5.93. The van der Waals surface area contributed by atoms with E-state index in [2.05, 4.69) is 20.6 Å². The third-order valence-electron chi connectivity index (χ3n) is 7.53. The number of hydrogen-bond acceptors (Lipinski definition) is 5. The number of ether oxygens (including phenoxy) is 1. The minimum absolute atomic E-state index is 0.0445. The van der Waals surface area contributed by atoms with Crippen LogP contribution in [-0.2, 0) is 9.53 Å². The van der Waals surface area contributed by atoms with Crippen LogP contribution >= 0.6 is 0 Å². The highest BCUT2D eigenvalue weighted by Gasteiger charge is 2.30. The van der Waals surface area contributed by atoms with Gasteiger partial charge in [-0.15, -0.1) is 0 Å². The third-order valence-corrected chi connectivity index (χ3v) is 7.53. The van der Waals surface area contributed by atoms with Crippen molar-refractivity contribution in [3.63, 3.8) is 0 Å². The summed E-state index contributed by atoms with van der Waals surface area (Å²) in [5.41, 5.74) is 3.45. The van der Waals surface area contributed by atoms with Crippen LogP contribution in [0, 0.1) is 18.7 Å². The van der Waals surface area contributed by atoms with Crippen molar-refractivity contribution in [1.29, 1.82) is 0 Å². The molecule has 0 spiro atoms. The molecule has 1 aliphatic heterocycles. The fourth-order valence-electron chi connectivity index (χ4n) is 5.38. The molecule has 0 bridgehead atoms. The molecule has 202 valence electrons. The minimum atomic E-state index is -0.383. The Balaban J connectivity index is 1.29. The van der Waals surface area contributed by atoms with Crippen molar-refractivity contribution in [2.75, 3.05) is 31.6 Å². The summed E-state index contributed by atoms with van der Waals surface area (Å²) in [6.07, 6.45) is 6.42. The highest BCUT2D eigenvalue weighted by atomic mass is 19.1. The molecule has 1 aromatic carbocycles. The fraction of sp³-hybridized carbons (Fsp3) is 0.500. The molecule has 2 aromatic heterocycles. The average molecular weight is 523 g/mol. The number of carbonyl (C=O) groups is 2. The number of morpholine rings is 1. The highest BCUT2D eigenvalue weighted by Crippen LogP contribution is 2.32. The van der Waals surface area contributed by atoms with Crippen molar-refractivity contribution in [3.05, 3.63) is 42.1 Å². The molecular weight excluding hydrogens is 487 g/mol. The maximum atomic E-state index is 14.9. The SMILES string of the molecule is Cc1cnc(NC(=O)[C@H]2CCC[C@@H](NC(=O)N3CCOCC3)C2)cc1-c1cc(F)c2ncn(C(C)C)c2c1. The number of benzene rings is 1. The third kappa shape index (κ3) is 5.50. The molecule has 10 heteroatoms. The molecule has 2 N–H and O–H groups in total. The summed E-state index contributed by atoms with van der Waals surface area (Å²) < 4.78 is 22.2. The lowest BCUT2D eigenvalue weighted by atomic mass is 9.85. The zero-order chi connectivity index (χ0) is 26.8. The first-order chi connectivity index (χ1) is 18.3. The number of fused-ring (bicyclic) bond motifs is 1. The largest absolute Gasteiger partial charge is 0.378 e. The standard InChI is InChI=1S/C28H35FN6O3/c1-17(2)35-16-31-26-23(29)12-20(13-24(26)35)22-14-25(30-15-18(22)3)33-27(36)19-5-4-6-21(11-19)32-28(37)34-7-9-38-10-8-34/h12-17,19,21H,4-11H2,1-3H3,(H,32,37)(H,30,33,36)/t19-,21+/m0/s1. The number of carbonyl (C=O) groups excluding carboxylic acids is 2. The number of rotatable bonds is 5. The smallest absolute Gasteiger partial charge is 0.317 e. The number of pyridine rings is 1. The number of halogens is 1. The van der Waals surface area contributed by atoms with Gasteiger partial charge in [-0.1, -0.05) is 6.42 Å². The molecule has 2 aliphatic rings. The number of nitrogens with zero attached hydrogens (tertiary/aromatic N) is 4. The van der Waals surface area contributed by atoms with E-state index in [1.165, 1.54) is 6.07 Å². The first-order valence-electron chi connectivity index (χ1n) is 13.4. The van der Waals surface area contributed by atoms with E-state index in [9.17, 15) is 14.0 Å². The number of amides is 3. The number of imidazole rings is 1. The number of hydrogen-bond donors (Lipinski definition) is 2. The summed E-state index contributed by atoms with van der Waals surface area (Å²) in [6.45, 7) is 8.24. The molecule has 1 aliphatic carbocycles. The van der Waals surface area contributed by atoms with E-state index in [0.717, 1.165) is 35.9 Å². The average Bonchev–Trinajstić information content (AvgIpc) is 3.35. The Bertz CT molecular complexity index is 1330. The van der Waals surface area contributed by atoms with E-state index in [-0.39, 0.29) is 35.8 Å². The predicted molar refractivity (Wildman–Crippen MR) is 143 cm³/mol. The number of aryl methyl sites for hydroxylation is 1. The van der Waals surface area contributed by atoms with Gasteiger partial charge in [-0.05, 0) is 74.9 Å². The van der Waals surface area contributed by atoms with Crippen molar-refractivity contribution >= 4 is 28.8 Å². The summed E-state index contributed by atoms with van der Waals surface area (Å²) in [5, 5.41) is 6.06. The van der Waals surface area contributed by atoms with E-state index in [4.69, 9.17) is 4.74 Å². The van der Waals surface area contributed by atoms with E-state index >= 15 is 0 Å². The van der Waals surface area contributed by atoms with Gasteiger partial charge in [0.1, 0.15) is 11.3 Å². The van der Waals surface area contributed by atoms with E-state index < -0.39 is 0 Å². The van der Waals surface area contributed by atoms with E-state index in [0.29, 0.717) is 49.6 Å². The summed E-state index contributed by atoms with van der Waals surface area (Å²) >= 11 is 0. The van der Waals surface area contributed by atoms with Crippen molar-refractivity contribution in [2.45, 2.75) is 58.5 Å². The van der Waals surface area contributed by atoms with Crippen LogP contribution in [0.2, 0.25) is 0 Å². The second-order valence-corrected chi connectivity index (χ2v) is 10.6. The lowest BCUT2D eigenvalue weighted by Gasteiger charge is -2.32. The minimum Gasteiger partial charge on any atom is -0.378 e. The molecule has 5 rings (SSSR count). The van der Waals surface area contributed by atoms with Crippen LogP contribution < -0.4 is 10.6 Å². The fourth-order valence-corrected chi connectivity index (χ4v) is 5.38. The van der Waals surface area contributed by atoms with Gasteiger partial charge in [-0.2, -0.15) is 0 Å². The van der Waals surface area contributed by atoms with Crippen molar-refractivity contribution in [2.24, 2.45) is 5.92 Å². The topological polar surface area (TPSA) is 101 Å². The van der Waals surface area contributed by atoms with Gasteiger partial charge in [0.05, 0.1) is 25.1 Å². The van der Waals surface area contributed by atoms with Crippen LogP contribution in [-0.4, -0.2) is 63.7 Å². The van der Waals surface area contributed by atoms with Gasteiger partial charge in [-0.3, -0.25) is 4.79 Å². The molecule has 3 heterocycles. The maximum absolute atomic E-state index is 14.9. The van der Waals surface area contributed by atoms with Gasteiger partial charge < -0.3 is 24.8 Å². The van der Waals surface area contributed by atoms with Gasteiger partial charge >= 0.3 is 6.03 Å². The molecule has 0 radical (unpaired) electrons. The summed E-state index contributed by atoms with van der Waals surface area (Å²) in [4.78, 5) is 36.2. The number of aromatic nitrogens is 3. The molecule has 1 saturated heterocycles. The van der Waals surface area contributed by atoms with Gasteiger partial charge in [0, 0.05) is 37.3 Å². The second kappa shape index (κ2) is 11.1.